The first-order chi connectivity index (χ1) is 12.0. The van der Waals surface area contributed by atoms with E-state index in [0.717, 1.165) is 37.6 Å². The van der Waals surface area contributed by atoms with Gasteiger partial charge >= 0.3 is 0 Å². The van der Waals surface area contributed by atoms with Crippen LogP contribution < -0.4 is 5.32 Å². The molecule has 0 unspecified atom stereocenters. The summed E-state index contributed by atoms with van der Waals surface area (Å²) in [5.41, 5.74) is 2.44. The van der Waals surface area contributed by atoms with Gasteiger partial charge in [0.15, 0.2) is 11.6 Å². The topological polar surface area (TPSA) is 32.3 Å². The molecule has 0 bridgehead atoms. The minimum absolute atomic E-state index is 0.0900. The summed E-state index contributed by atoms with van der Waals surface area (Å²) in [5.74, 6) is -1.59. The lowest BCUT2D eigenvalue weighted by molar-refractivity contribution is 0.0793. The third-order valence-electron chi connectivity index (χ3n) is 4.65. The third-order valence-corrected chi connectivity index (χ3v) is 4.65. The van der Waals surface area contributed by atoms with Gasteiger partial charge in [-0.15, -0.1) is 0 Å². The van der Waals surface area contributed by atoms with Crippen molar-refractivity contribution in [1.82, 2.24) is 10.2 Å². The van der Waals surface area contributed by atoms with E-state index in [9.17, 15) is 13.6 Å². The average molecular weight is 344 g/mol. The van der Waals surface area contributed by atoms with Crippen LogP contribution in [0.15, 0.2) is 42.5 Å². The summed E-state index contributed by atoms with van der Waals surface area (Å²) in [4.78, 5) is 14.2. The molecule has 0 aromatic heterocycles. The van der Waals surface area contributed by atoms with Gasteiger partial charge in [0, 0.05) is 31.2 Å². The fourth-order valence-electron chi connectivity index (χ4n) is 3.04. The Kier molecular flexibility index (Phi) is 5.43. The van der Waals surface area contributed by atoms with E-state index < -0.39 is 11.6 Å². The Morgan fingerprint density at radius 2 is 1.76 bits per heavy atom. The van der Waals surface area contributed by atoms with Crippen molar-refractivity contribution in [3.05, 3.63) is 70.8 Å². The molecule has 5 heteroatoms. The molecule has 1 aliphatic rings. The average Bonchev–Trinajstić information content (AvgIpc) is 3.16. The van der Waals surface area contributed by atoms with Crippen LogP contribution in [0.25, 0.3) is 0 Å². The lowest BCUT2D eigenvalue weighted by Crippen LogP contribution is -2.27. The van der Waals surface area contributed by atoms with Crippen molar-refractivity contribution in [2.24, 2.45) is 0 Å². The van der Waals surface area contributed by atoms with Crippen molar-refractivity contribution in [1.29, 1.82) is 0 Å². The van der Waals surface area contributed by atoms with Crippen LogP contribution in [0.5, 0.6) is 0 Å². The van der Waals surface area contributed by atoms with Gasteiger partial charge < -0.3 is 10.2 Å². The molecule has 0 radical (unpaired) electrons. The van der Waals surface area contributed by atoms with Crippen LogP contribution in [0, 0.1) is 11.6 Å². The van der Waals surface area contributed by atoms with Gasteiger partial charge in [0.1, 0.15) is 0 Å². The van der Waals surface area contributed by atoms with Gasteiger partial charge in [0.25, 0.3) is 5.91 Å². The zero-order valence-electron chi connectivity index (χ0n) is 14.3. The second-order valence-electron chi connectivity index (χ2n) is 6.47. The van der Waals surface area contributed by atoms with E-state index in [2.05, 4.69) is 5.32 Å². The minimum Gasteiger partial charge on any atom is -0.339 e. The molecule has 1 amide bonds. The Bertz CT molecular complexity index is 740. The molecule has 0 saturated carbocycles. The quantitative estimate of drug-likeness (QED) is 0.887. The Morgan fingerprint density at radius 1 is 1.08 bits per heavy atom. The first kappa shape index (κ1) is 17.5. The Hall–Kier alpha value is -2.27. The van der Waals surface area contributed by atoms with E-state index in [1.165, 1.54) is 6.07 Å². The molecular weight excluding hydrogens is 322 g/mol. The van der Waals surface area contributed by atoms with Crippen LogP contribution in [-0.4, -0.2) is 23.9 Å². The molecule has 3 rings (SSSR count). The molecule has 1 saturated heterocycles. The molecule has 25 heavy (non-hydrogen) atoms. The number of carbonyl (C=O) groups excluding carboxylic acids is 1. The first-order valence-electron chi connectivity index (χ1n) is 8.61. The molecule has 132 valence electrons. The summed E-state index contributed by atoms with van der Waals surface area (Å²) < 4.78 is 26.3. The number of halogens is 2. The van der Waals surface area contributed by atoms with Crippen molar-refractivity contribution in [3.8, 4) is 0 Å². The van der Waals surface area contributed by atoms with Gasteiger partial charge in [0.2, 0.25) is 0 Å². The van der Waals surface area contributed by atoms with Crippen LogP contribution in [0.1, 0.15) is 47.3 Å². The van der Waals surface area contributed by atoms with E-state index in [0.29, 0.717) is 17.7 Å². The van der Waals surface area contributed by atoms with Crippen molar-refractivity contribution in [2.45, 2.75) is 32.4 Å². The fourth-order valence-corrected chi connectivity index (χ4v) is 3.04. The maximum Gasteiger partial charge on any atom is 0.253 e. The number of nitrogens with one attached hydrogen (secondary N) is 1. The second-order valence-corrected chi connectivity index (χ2v) is 6.47. The molecule has 0 spiro atoms. The number of benzene rings is 2. The van der Waals surface area contributed by atoms with E-state index in [1.54, 1.807) is 6.07 Å². The highest BCUT2D eigenvalue weighted by Gasteiger charge is 2.19. The molecule has 1 heterocycles. The lowest BCUT2D eigenvalue weighted by atomic mass is 10.1. The summed E-state index contributed by atoms with van der Waals surface area (Å²) in [6, 6.07) is 11.4. The second kappa shape index (κ2) is 7.74. The van der Waals surface area contributed by atoms with Gasteiger partial charge in [0.05, 0.1) is 0 Å². The SMILES string of the molecule is C[C@@H](NCc1ccc(C(=O)N2CCCC2)cc1)c1ccc(F)c(F)c1. The molecule has 2 aromatic rings. The van der Waals surface area contributed by atoms with E-state index in [-0.39, 0.29) is 11.9 Å². The highest BCUT2D eigenvalue weighted by atomic mass is 19.2. The predicted molar refractivity (Wildman–Crippen MR) is 93.2 cm³/mol. The lowest BCUT2D eigenvalue weighted by Gasteiger charge is -2.16. The van der Waals surface area contributed by atoms with Crippen LogP contribution in [0.4, 0.5) is 8.78 Å². The number of hydrogen-bond acceptors (Lipinski definition) is 2. The maximum absolute atomic E-state index is 13.3. The van der Waals surface area contributed by atoms with Crippen molar-refractivity contribution >= 4 is 5.91 Å². The number of rotatable bonds is 5. The molecule has 1 atom stereocenters. The molecule has 1 N–H and O–H groups in total. The van der Waals surface area contributed by atoms with Gasteiger partial charge in [-0.3, -0.25) is 4.79 Å². The summed E-state index contributed by atoms with van der Waals surface area (Å²) in [6.45, 7) is 4.16. The van der Waals surface area contributed by atoms with Gasteiger partial charge in [-0.2, -0.15) is 0 Å². The maximum atomic E-state index is 13.3. The first-order valence-corrected chi connectivity index (χ1v) is 8.61. The number of amides is 1. The van der Waals surface area contributed by atoms with E-state index in [4.69, 9.17) is 0 Å². The highest BCUT2D eigenvalue weighted by Crippen LogP contribution is 2.17. The summed E-state index contributed by atoms with van der Waals surface area (Å²) >= 11 is 0. The minimum atomic E-state index is -0.839. The Morgan fingerprint density at radius 3 is 2.40 bits per heavy atom. The van der Waals surface area contributed by atoms with Crippen LogP contribution in [0.3, 0.4) is 0 Å². The van der Waals surface area contributed by atoms with Gasteiger partial charge in [-0.1, -0.05) is 18.2 Å². The van der Waals surface area contributed by atoms with Crippen LogP contribution in [0.2, 0.25) is 0 Å². The number of hydrogen-bond donors (Lipinski definition) is 1. The smallest absolute Gasteiger partial charge is 0.253 e. The van der Waals surface area contributed by atoms with E-state index >= 15 is 0 Å². The van der Waals surface area contributed by atoms with Gasteiger partial charge in [-0.05, 0) is 55.2 Å². The Balaban J connectivity index is 1.57. The zero-order valence-corrected chi connectivity index (χ0v) is 14.3. The molecule has 3 nitrogen and oxygen atoms in total. The molecule has 2 aromatic carbocycles. The van der Waals surface area contributed by atoms with Crippen molar-refractivity contribution < 1.29 is 13.6 Å². The summed E-state index contributed by atoms with van der Waals surface area (Å²) in [7, 11) is 0. The fraction of sp³-hybridized carbons (Fsp3) is 0.350. The van der Waals surface area contributed by atoms with E-state index in [1.807, 2.05) is 36.1 Å². The monoisotopic (exact) mass is 344 g/mol. The summed E-state index contributed by atoms with van der Waals surface area (Å²) in [6.07, 6.45) is 2.16. The molecular formula is C20H22F2N2O. The molecule has 1 aliphatic heterocycles. The zero-order chi connectivity index (χ0) is 17.8. The molecule has 1 fully saturated rings. The summed E-state index contributed by atoms with van der Waals surface area (Å²) in [5, 5.41) is 3.28. The largest absolute Gasteiger partial charge is 0.339 e. The normalized spacial score (nSPS) is 15.4. The molecule has 0 aliphatic carbocycles. The Labute approximate surface area is 146 Å². The van der Waals surface area contributed by atoms with Gasteiger partial charge in [-0.25, -0.2) is 8.78 Å². The third kappa shape index (κ3) is 4.23. The number of likely N-dealkylation sites (tertiary alicyclic amines) is 1. The highest BCUT2D eigenvalue weighted by molar-refractivity contribution is 5.94. The van der Waals surface area contributed by atoms with Crippen LogP contribution >= 0.6 is 0 Å². The van der Waals surface area contributed by atoms with Crippen LogP contribution in [-0.2, 0) is 6.54 Å². The van der Waals surface area contributed by atoms with Crippen molar-refractivity contribution in [2.75, 3.05) is 13.1 Å². The predicted octanol–water partition coefficient (Wildman–Crippen LogP) is 4.05. The number of carbonyl (C=O) groups is 1. The number of nitrogens with zero attached hydrogens (tertiary/aromatic N) is 1. The van der Waals surface area contributed by atoms with Crippen molar-refractivity contribution in [3.63, 3.8) is 0 Å². The standard InChI is InChI=1S/C20H22F2N2O/c1-14(17-8-9-18(21)19(22)12-17)23-13-15-4-6-16(7-5-15)20(25)24-10-2-3-11-24/h4-9,12,14,23H,2-3,10-11,13H2,1H3/t14-/m1/s1.